The maximum atomic E-state index is 12.8. The van der Waals surface area contributed by atoms with Crippen molar-refractivity contribution >= 4 is 27.5 Å². The fraction of sp³-hybridized carbons (Fsp3) is 0.600. The Labute approximate surface area is 153 Å². The minimum Gasteiger partial charge on any atom is -0.337 e. The molecule has 0 saturated carbocycles. The zero-order valence-electron chi connectivity index (χ0n) is 14.9. The van der Waals surface area contributed by atoms with Gasteiger partial charge in [0.2, 0.25) is 0 Å². The molecule has 1 aromatic carbocycles. The number of thiazole rings is 1. The molecule has 0 radical (unpaired) electrons. The number of carbonyl (C=O) groups is 1. The summed E-state index contributed by atoms with van der Waals surface area (Å²) in [6.45, 7) is 4.80. The van der Waals surface area contributed by atoms with E-state index >= 15 is 0 Å². The molecule has 0 bridgehead atoms. The molecule has 2 aromatic rings. The normalized spacial score (nSPS) is 22.9. The first kappa shape index (κ1) is 17.0. The van der Waals surface area contributed by atoms with Gasteiger partial charge in [0.25, 0.3) is 5.91 Å². The number of aromatic nitrogens is 1. The highest BCUT2D eigenvalue weighted by Gasteiger charge is 2.29. The Hall–Kier alpha value is -1.46. The number of para-hydroxylation sites is 1. The van der Waals surface area contributed by atoms with Gasteiger partial charge >= 0.3 is 0 Å². The van der Waals surface area contributed by atoms with Crippen molar-refractivity contribution in [3.05, 3.63) is 29.3 Å². The molecule has 4 rings (SSSR count). The zero-order chi connectivity index (χ0) is 17.1. The monoisotopic (exact) mass is 358 g/mol. The lowest BCUT2D eigenvalue weighted by atomic mass is 9.98. The summed E-state index contributed by atoms with van der Waals surface area (Å²) in [7, 11) is 0. The molecule has 25 heavy (non-hydrogen) atoms. The number of benzene rings is 1. The largest absolute Gasteiger partial charge is 0.337 e. The number of carbonyl (C=O) groups excluding carboxylic acids is 1. The SMILES string of the molecule is O=C(C[NH+]1CCCCCC1)N1CCC[C@H](c2nc3ccccc3s2)C1. The van der Waals surface area contributed by atoms with E-state index in [0.717, 1.165) is 31.4 Å². The van der Waals surface area contributed by atoms with Crippen molar-refractivity contribution in [3.8, 4) is 0 Å². The molecule has 0 spiro atoms. The van der Waals surface area contributed by atoms with Gasteiger partial charge in [0.15, 0.2) is 6.54 Å². The van der Waals surface area contributed by atoms with Crippen LogP contribution in [0.25, 0.3) is 10.2 Å². The molecule has 0 aliphatic carbocycles. The molecular weight excluding hydrogens is 330 g/mol. The van der Waals surface area contributed by atoms with Gasteiger partial charge in [0, 0.05) is 19.0 Å². The quantitative estimate of drug-likeness (QED) is 0.915. The number of likely N-dealkylation sites (tertiary alicyclic amines) is 2. The van der Waals surface area contributed by atoms with Crippen LogP contribution < -0.4 is 4.90 Å². The second-order valence-corrected chi connectivity index (χ2v) is 8.60. The van der Waals surface area contributed by atoms with Crippen molar-refractivity contribution in [2.24, 2.45) is 0 Å². The lowest BCUT2D eigenvalue weighted by Gasteiger charge is -2.32. The van der Waals surface area contributed by atoms with Gasteiger partial charge in [-0.05, 0) is 50.7 Å². The molecule has 134 valence electrons. The van der Waals surface area contributed by atoms with Gasteiger partial charge in [-0.25, -0.2) is 4.98 Å². The van der Waals surface area contributed by atoms with Crippen molar-refractivity contribution in [2.75, 3.05) is 32.7 Å². The van der Waals surface area contributed by atoms with Gasteiger partial charge in [0.1, 0.15) is 0 Å². The van der Waals surface area contributed by atoms with Gasteiger partial charge in [-0.15, -0.1) is 11.3 Å². The van der Waals surface area contributed by atoms with Crippen LogP contribution in [0.2, 0.25) is 0 Å². The molecule has 5 heteroatoms. The maximum Gasteiger partial charge on any atom is 0.277 e. The van der Waals surface area contributed by atoms with Crippen LogP contribution in [0.4, 0.5) is 0 Å². The maximum absolute atomic E-state index is 12.8. The number of hydrogen-bond acceptors (Lipinski definition) is 3. The van der Waals surface area contributed by atoms with Crippen LogP contribution in [0.3, 0.4) is 0 Å². The lowest BCUT2D eigenvalue weighted by Crippen LogP contribution is -3.13. The van der Waals surface area contributed by atoms with Crippen molar-refractivity contribution in [1.29, 1.82) is 0 Å². The third-order valence-corrected chi connectivity index (χ3v) is 6.84. The Morgan fingerprint density at radius 1 is 1.16 bits per heavy atom. The summed E-state index contributed by atoms with van der Waals surface area (Å²) in [4.78, 5) is 21.2. The molecule has 1 N–H and O–H groups in total. The van der Waals surface area contributed by atoms with E-state index in [-0.39, 0.29) is 0 Å². The molecular formula is C20H28N3OS+. The van der Waals surface area contributed by atoms with Crippen molar-refractivity contribution < 1.29 is 9.69 Å². The summed E-state index contributed by atoms with van der Waals surface area (Å²) in [6.07, 6.45) is 7.47. The van der Waals surface area contributed by atoms with Crippen LogP contribution in [0, 0.1) is 0 Å². The molecule has 2 aliphatic heterocycles. The molecule has 2 saturated heterocycles. The summed E-state index contributed by atoms with van der Waals surface area (Å²) < 4.78 is 1.26. The van der Waals surface area contributed by atoms with E-state index in [1.165, 1.54) is 53.4 Å². The number of nitrogens with zero attached hydrogens (tertiary/aromatic N) is 2. The summed E-state index contributed by atoms with van der Waals surface area (Å²) in [5.41, 5.74) is 1.10. The smallest absolute Gasteiger partial charge is 0.277 e. The predicted octanol–water partition coefficient (Wildman–Crippen LogP) is 2.46. The Kier molecular flexibility index (Phi) is 5.32. The van der Waals surface area contributed by atoms with Gasteiger partial charge in [0.05, 0.1) is 28.3 Å². The molecule has 4 nitrogen and oxygen atoms in total. The first-order valence-electron chi connectivity index (χ1n) is 9.76. The second-order valence-electron chi connectivity index (χ2n) is 7.54. The predicted molar refractivity (Wildman–Crippen MR) is 102 cm³/mol. The lowest BCUT2D eigenvalue weighted by molar-refractivity contribution is -0.891. The number of amides is 1. The molecule has 2 fully saturated rings. The van der Waals surface area contributed by atoms with Gasteiger partial charge in [-0.2, -0.15) is 0 Å². The highest BCUT2D eigenvalue weighted by molar-refractivity contribution is 7.18. The minimum atomic E-state index is 0.350. The van der Waals surface area contributed by atoms with E-state index in [1.54, 1.807) is 11.3 Å². The van der Waals surface area contributed by atoms with E-state index in [9.17, 15) is 4.79 Å². The number of quaternary nitrogens is 1. The van der Waals surface area contributed by atoms with Crippen molar-refractivity contribution in [1.82, 2.24) is 9.88 Å². The van der Waals surface area contributed by atoms with Crippen LogP contribution in [0.15, 0.2) is 24.3 Å². The van der Waals surface area contributed by atoms with Crippen molar-refractivity contribution in [2.45, 2.75) is 44.4 Å². The molecule has 3 heterocycles. The van der Waals surface area contributed by atoms with Crippen LogP contribution in [-0.2, 0) is 4.79 Å². The van der Waals surface area contributed by atoms with Gasteiger partial charge in [-0.1, -0.05) is 12.1 Å². The number of hydrogen-bond donors (Lipinski definition) is 1. The number of piperidine rings is 1. The number of rotatable bonds is 3. The van der Waals surface area contributed by atoms with Crippen LogP contribution in [0.5, 0.6) is 0 Å². The molecule has 1 amide bonds. The van der Waals surface area contributed by atoms with Crippen LogP contribution in [0.1, 0.15) is 49.5 Å². The third-order valence-electron chi connectivity index (χ3n) is 5.65. The molecule has 1 atom stereocenters. The summed E-state index contributed by atoms with van der Waals surface area (Å²) in [5.74, 6) is 0.761. The summed E-state index contributed by atoms with van der Waals surface area (Å²) in [6, 6.07) is 8.35. The highest BCUT2D eigenvalue weighted by Crippen LogP contribution is 2.32. The highest BCUT2D eigenvalue weighted by atomic mass is 32.1. The van der Waals surface area contributed by atoms with E-state index in [0.29, 0.717) is 18.4 Å². The number of nitrogens with one attached hydrogen (secondary N) is 1. The average molecular weight is 359 g/mol. The first-order valence-corrected chi connectivity index (χ1v) is 10.6. The summed E-state index contributed by atoms with van der Waals surface area (Å²) >= 11 is 1.80. The number of fused-ring (bicyclic) bond motifs is 1. The van der Waals surface area contributed by atoms with E-state index in [4.69, 9.17) is 4.98 Å². The Morgan fingerprint density at radius 2 is 1.96 bits per heavy atom. The van der Waals surface area contributed by atoms with E-state index in [1.807, 2.05) is 6.07 Å². The molecule has 0 unspecified atom stereocenters. The topological polar surface area (TPSA) is 37.6 Å². The molecule has 2 aliphatic rings. The van der Waals surface area contributed by atoms with E-state index < -0.39 is 0 Å². The first-order chi connectivity index (χ1) is 12.3. The Balaban J connectivity index is 1.40. The second kappa shape index (κ2) is 7.83. The standard InChI is InChI=1S/C20H27N3OS/c24-19(15-22-11-5-1-2-6-12-22)23-13-7-8-16(14-23)20-21-17-9-3-4-10-18(17)25-20/h3-4,9-10,16H,1-2,5-8,11-15H2/p+1/t16-/m0/s1. The third kappa shape index (κ3) is 4.04. The Morgan fingerprint density at radius 3 is 2.76 bits per heavy atom. The Bertz CT molecular complexity index is 688. The van der Waals surface area contributed by atoms with Gasteiger partial charge in [-0.3, -0.25) is 4.79 Å². The fourth-order valence-electron chi connectivity index (χ4n) is 4.20. The van der Waals surface area contributed by atoms with Crippen molar-refractivity contribution in [3.63, 3.8) is 0 Å². The van der Waals surface area contributed by atoms with Crippen LogP contribution in [-0.4, -0.2) is 48.5 Å². The average Bonchev–Trinajstić information content (AvgIpc) is 2.92. The summed E-state index contributed by atoms with van der Waals surface area (Å²) in [5, 5.41) is 1.21. The van der Waals surface area contributed by atoms with Gasteiger partial charge < -0.3 is 9.80 Å². The zero-order valence-corrected chi connectivity index (χ0v) is 15.7. The van der Waals surface area contributed by atoms with E-state index in [2.05, 4.69) is 23.1 Å². The molecule has 1 aromatic heterocycles. The fourth-order valence-corrected chi connectivity index (χ4v) is 5.29. The minimum absolute atomic E-state index is 0.350. The van der Waals surface area contributed by atoms with Crippen LogP contribution >= 0.6 is 11.3 Å².